The molecule has 0 bridgehead atoms. The number of carbonyl (C=O) groups excluding carboxylic acids is 2. The number of amides is 2. The summed E-state index contributed by atoms with van der Waals surface area (Å²) in [5.41, 5.74) is 0.883. The average molecular weight is 262 g/mol. The van der Waals surface area contributed by atoms with Crippen LogP contribution in [-0.4, -0.2) is 44.0 Å². The predicted molar refractivity (Wildman–Crippen MR) is 71.5 cm³/mol. The number of hydrogen-bond acceptors (Lipinski definition) is 3. The lowest BCUT2D eigenvalue weighted by molar-refractivity contribution is 0.0823. The second kappa shape index (κ2) is 5.30. The van der Waals surface area contributed by atoms with Gasteiger partial charge in [0.05, 0.1) is 11.7 Å². The normalized spacial score (nSPS) is 13.8. The molecule has 0 unspecified atom stereocenters. The van der Waals surface area contributed by atoms with Crippen LogP contribution in [0.1, 0.15) is 33.6 Å². The summed E-state index contributed by atoms with van der Waals surface area (Å²) < 4.78 is 5.72. The zero-order chi connectivity index (χ0) is 14.0. The van der Waals surface area contributed by atoms with Gasteiger partial charge in [-0.25, -0.2) is 0 Å². The molecule has 0 aliphatic heterocycles. The van der Waals surface area contributed by atoms with Gasteiger partial charge in [0.15, 0.2) is 0 Å². The summed E-state index contributed by atoms with van der Waals surface area (Å²) in [7, 11) is 4.91. The van der Waals surface area contributed by atoms with E-state index in [2.05, 4.69) is 5.32 Å². The van der Waals surface area contributed by atoms with Crippen LogP contribution in [0.3, 0.4) is 0 Å². The lowest BCUT2D eigenvalue weighted by atomic mass is 10.1. The van der Waals surface area contributed by atoms with Gasteiger partial charge >= 0.3 is 0 Å². The van der Waals surface area contributed by atoms with Crippen molar-refractivity contribution in [3.63, 3.8) is 0 Å². The Kier molecular flexibility index (Phi) is 3.74. The van der Waals surface area contributed by atoms with Crippen molar-refractivity contribution in [1.82, 2.24) is 10.2 Å². The van der Waals surface area contributed by atoms with Gasteiger partial charge in [-0.2, -0.15) is 0 Å². The Balaban J connectivity index is 2.36. The summed E-state index contributed by atoms with van der Waals surface area (Å²) in [6.45, 7) is 0. The molecule has 1 aliphatic carbocycles. The Labute approximate surface area is 112 Å². The third kappa shape index (κ3) is 3.05. The van der Waals surface area contributed by atoms with Gasteiger partial charge in [-0.1, -0.05) is 0 Å². The summed E-state index contributed by atoms with van der Waals surface area (Å²) in [5, 5.41) is 2.54. The zero-order valence-electron chi connectivity index (χ0n) is 11.4. The highest BCUT2D eigenvalue weighted by Crippen LogP contribution is 2.30. The molecule has 1 saturated carbocycles. The van der Waals surface area contributed by atoms with Gasteiger partial charge in [-0.3, -0.25) is 9.59 Å². The number of nitrogens with one attached hydrogen (secondary N) is 1. The Hall–Kier alpha value is -2.04. The molecule has 0 spiro atoms. The topological polar surface area (TPSA) is 58.6 Å². The molecular formula is C14H18N2O3. The van der Waals surface area contributed by atoms with Crippen molar-refractivity contribution in [1.29, 1.82) is 0 Å². The summed E-state index contributed by atoms with van der Waals surface area (Å²) >= 11 is 0. The molecule has 5 heteroatoms. The van der Waals surface area contributed by atoms with Crippen molar-refractivity contribution in [2.75, 3.05) is 21.1 Å². The summed E-state index contributed by atoms with van der Waals surface area (Å²) in [4.78, 5) is 25.2. The largest absolute Gasteiger partial charge is 0.490 e. The molecule has 2 rings (SSSR count). The molecule has 0 radical (unpaired) electrons. The van der Waals surface area contributed by atoms with Crippen LogP contribution >= 0.6 is 0 Å². The van der Waals surface area contributed by atoms with Gasteiger partial charge in [0.1, 0.15) is 5.75 Å². The summed E-state index contributed by atoms with van der Waals surface area (Å²) in [6, 6.07) is 4.95. The van der Waals surface area contributed by atoms with E-state index < -0.39 is 0 Å². The fourth-order valence-corrected chi connectivity index (χ4v) is 1.69. The maximum absolute atomic E-state index is 12.1. The standard InChI is InChI=1S/C14H18N2O3/c1-15-13(17)9-4-7-12(19-10-5-6-10)11(8-9)14(18)16(2)3/h4,7-8,10H,5-6H2,1-3H3,(H,15,17). The second-order valence-electron chi connectivity index (χ2n) is 4.81. The minimum absolute atomic E-state index is 0.165. The molecular weight excluding hydrogens is 244 g/mol. The van der Waals surface area contributed by atoms with Crippen LogP contribution in [0, 0.1) is 0 Å². The number of benzene rings is 1. The quantitative estimate of drug-likeness (QED) is 0.889. The van der Waals surface area contributed by atoms with Gasteiger partial charge in [0.2, 0.25) is 0 Å². The minimum atomic E-state index is -0.217. The van der Waals surface area contributed by atoms with E-state index in [1.807, 2.05) is 0 Å². The average Bonchev–Trinajstić information content (AvgIpc) is 3.21. The summed E-state index contributed by atoms with van der Waals surface area (Å²) in [5.74, 6) is 0.168. The molecule has 1 fully saturated rings. The van der Waals surface area contributed by atoms with Crippen LogP contribution in [0.5, 0.6) is 5.75 Å². The fraction of sp³-hybridized carbons (Fsp3) is 0.429. The monoisotopic (exact) mass is 262 g/mol. The van der Waals surface area contributed by atoms with Gasteiger partial charge in [-0.15, -0.1) is 0 Å². The van der Waals surface area contributed by atoms with Crippen molar-refractivity contribution in [3.8, 4) is 5.75 Å². The third-order valence-corrected chi connectivity index (χ3v) is 2.92. The molecule has 2 amide bonds. The van der Waals surface area contributed by atoms with Gasteiger partial charge in [-0.05, 0) is 31.0 Å². The zero-order valence-corrected chi connectivity index (χ0v) is 11.4. The van der Waals surface area contributed by atoms with E-state index >= 15 is 0 Å². The molecule has 0 heterocycles. The molecule has 102 valence electrons. The molecule has 0 atom stereocenters. The van der Waals surface area contributed by atoms with Crippen molar-refractivity contribution >= 4 is 11.8 Å². The van der Waals surface area contributed by atoms with Crippen LogP contribution in [0.25, 0.3) is 0 Å². The second-order valence-corrected chi connectivity index (χ2v) is 4.81. The molecule has 1 aromatic carbocycles. The molecule has 0 aromatic heterocycles. The predicted octanol–water partition coefficient (Wildman–Crippen LogP) is 1.29. The van der Waals surface area contributed by atoms with Crippen LogP contribution in [0.2, 0.25) is 0 Å². The van der Waals surface area contributed by atoms with E-state index in [1.165, 1.54) is 4.90 Å². The van der Waals surface area contributed by atoms with E-state index in [1.54, 1.807) is 39.3 Å². The molecule has 1 aromatic rings. The lowest BCUT2D eigenvalue weighted by Crippen LogP contribution is -2.24. The fourth-order valence-electron chi connectivity index (χ4n) is 1.69. The minimum Gasteiger partial charge on any atom is -0.490 e. The first-order chi connectivity index (χ1) is 9.02. The van der Waals surface area contributed by atoms with E-state index in [0.717, 1.165) is 12.8 Å². The highest BCUT2D eigenvalue weighted by molar-refractivity contribution is 6.01. The number of nitrogens with zero attached hydrogens (tertiary/aromatic N) is 1. The first-order valence-electron chi connectivity index (χ1n) is 6.27. The van der Waals surface area contributed by atoms with Gasteiger partial charge < -0.3 is 15.0 Å². The van der Waals surface area contributed by atoms with E-state index in [-0.39, 0.29) is 17.9 Å². The first-order valence-corrected chi connectivity index (χ1v) is 6.27. The number of hydrogen-bond donors (Lipinski definition) is 1. The van der Waals surface area contributed by atoms with E-state index in [9.17, 15) is 9.59 Å². The third-order valence-electron chi connectivity index (χ3n) is 2.92. The van der Waals surface area contributed by atoms with E-state index in [0.29, 0.717) is 16.9 Å². The van der Waals surface area contributed by atoms with Crippen LogP contribution < -0.4 is 10.1 Å². The number of ether oxygens (including phenoxy) is 1. The SMILES string of the molecule is CNC(=O)c1ccc(OC2CC2)c(C(=O)N(C)C)c1. The van der Waals surface area contributed by atoms with Gasteiger partial charge in [0.25, 0.3) is 11.8 Å². The maximum Gasteiger partial charge on any atom is 0.257 e. The maximum atomic E-state index is 12.1. The number of carbonyl (C=O) groups is 2. The highest BCUT2D eigenvalue weighted by Gasteiger charge is 2.26. The van der Waals surface area contributed by atoms with Crippen LogP contribution in [0.15, 0.2) is 18.2 Å². The molecule has 5 nitrogen and oxygen atoms in total. The van der Waals surface area contributed by atoms with Crippen molar-refractivity contribution in [2.45, 2.75) is 18.9 Å². The summed E-state index contributed by atoms with van der Waals surface area (Å²) in [6.07, 6.45) is 2.25. The van der Waals surface area contributed by atoms with Crippen LogP contribution in [-0.2, 0) is 0 Å². The Morgan fingerprint density at radius 1 is 1.32 bits per heavy atom. The highest BCUT2D eigenvalue weighted by atomic mass is 16.5. The molecule has 1 aliphatic rings. The molecule has 0 saturated heterocycles. The van der Waals surface area contributed by atoms with Crippen molar-refractivity contribution < 1.29 is 14.3 Å². The van der Waals surface area contributed by atoms with Crippen molar-refractivity contribution in [2.24, 2.45) is 0 Å². The Morgan fingerprint density at radius 3 is 2.53 bits per heavy atom. The molecule has 19 heavy (non-hydrogen) atoms. The van der Waals surface area contributed by atoms with Crippen molar-refractivity contribution in [3.05, 3.63) is 29.3 Å². The Morgan fingerprint density at radius 2 is 2.00 bits per heavy atom. The number of rotatable bonds is 4. The van der Waals surface area contributed by atoms with Gasteiger partial charge in [0, 0.05) is 26.7 Å². The first kappa shape index (κ1) is 13.4. The lowest BCUT2D eigenvalue weighted by Gasteiger charge is -2.15. The molecule has 1 N–H and O–H groups in total. The smallest absolute Gasteiger partial charge is 0.257 e. The Bertz CT molecular complexity index is 507. The van der Waals surface area contributed by atoms with Crippen LogP contribution in [0.4, 0.5) is 0 Å². The van der Waals surface area contributed by atoms with E-state index in [4.69, 9.17) is 4.74 Å².